The van der Waals surface area contributed by atoms with E-state index in [9.17, 15) is 4.79 Å². The van der Waals surface area contributed by atoms with Gasteiger partial charge in [0.15, 0.2) is 5.96 Å². The Morgan fingerprint density at radius 1 is 1.23 bits per heavy atom. The number of hydrogen-bond acceptors (Lipinski definition) is 5. The Kier molecular flexibility index (Phi) is 6.58. The zero-order valence-corrected chi connectivity index (χ0v) is 18.3. The molecule has 0 aliphatic carbocycles. The molecule has 0 aromatic carbocycles. The smallest absolute Gasteiger partial charge is 0.246 e. The SMILES string of the molecule is CCNC(=NCC1(N2CCCC2)CCOCC1)N1CCN(c2cnn(C)c2)C(=O)C1. The Morgan fingerprint density at radius 3 is 2.63 bits per heavy atom. The summed E-state index contributed by atoms with van der Waals surface area (Å²) in [5.74, 6) is 0.932. The summed E-state index contributed by atoms with van der Waals surface area (Å²) >= 11 is 0. The summed E-state index contributed by atoms with van der Waals surface area (Å²) in [5.41, 5.74) is 0.955. The Hall–Kier alpha value is -2.13. The topological polar surface area (TPSA) is 78.2 Å². The molecule has 0 saturated carbocycles. The van der Waals surface area contributed by atoms with Crippen molar-refractivity contribution in [2.45, 2.75) is 38.1 Å². The maximum atomic E-state index is 12.8. The number of aromatic nitrogens is 2. The van der Waals surface area contributed by atoms with Crippen molar-refractivity contribution >= 4 is 17.6 Å². The van der Waals surface area contributed by atoms with Gasteiger partial charge in [-0.3, -0.25) is 19.4 Å². The molecule has 9 nitrogen and oxygen atoms in total. The van der Waals surface area contributed by atoms with Gasteiger partial charge in [-0.2, -0.15) is 5.10 Å². The Labute approximate surface area is 179 Å². The van der Waals surface area contributed by atoms with E-state index < -0.39 is 0 Å². The number of aliphatic imine (C=N–C) groups is 1. The van der Waals surface area contributed by atoms with Crippen LogP contribution >= 0.6 is 0 Å². The third-order valence-corrected chi connectivity index (χ3v) is 6.58. The molecule has 1 amide bonds. The van der Waals surface area contributed by atoms with E-state index >= 15 is 0 Å². The summed E-state index contributed by atoms with van der Waals surface area (Å²) in [6.07, 6.45) is 8.25. The molecule has 4 rings (SSSR count). The van der Waals surface area contributed by atoms with Crippen LogP contribution in [0.1, 0.15) is 32.6 Å². The Bertz CT molecular complexity index is 750. The lowest BCUT2D eigenvalue weighted by Crippen LogP contribution is -2.57. The van der Waals surface area contributed by atoms with E-state index in [1.54, 1.807) is 10.9 Å². The Balaban J connectivity index is 1.46. The quantitative estimate of drug-likeness (QED) is 0.561. The summed E-state index contributed by atoms with van der Waals surface area (Å²) < 4.78 is 7.39. The standard InChI is InChI=1S/C21H35N7O2/c1-3-22-20(23-17-21(6-12-30-13-7-21)27-8-4-5-9-27)26-10-11-28(19(29)16-26)18-14-24-25(2)15-18/h14-15H,3-13,16-17H2,1-2H3,(H,22,23). The molecule has 4 heterocycles. The molecule has 3 aliphatic heterocycles. The molecule has 0 unspecified atom stereocenters. The number of nitrogens with one attached hydrogen (secondary N) is 1. The lowest BCUT2D eigenvalue weighted by Gasteiger charge is -2.44. The van der Waals surface area contributed by atoms with Crippen molar-refractivity contribution in [3.63, 3.8) is 0 Å². The second-order valence-corrected chi connectivity index (χ2v) is 8.54. The molecule has 1 aromatic heterocycles. The van der Waals surface area contributed by atoms with Gasteiger partial charge in [-0.1, -0.05) is 0 Å². The van der Waals surface area contributed by atoms with Crippen LogP contribution < -0.4 is 10.2 Å². The number of carbonyl (C=O) groups is 1. The first-order valence-corrected chi connectivity index (χ1v) is 11.3. The molecule has 1 aromatic rings. The second-order valence-electron chi connectivity index (χ2n) is 8.54. The van der Waals surface area contributed by atoms with E-state index in [4.69, 9.17) is 9.73 Å². The van der Waals surface area contributed by atoms with Gasteiger partial charge in [0.1, 0.15) is 6.54 Å². The number of guanidine groups is 1. The van der Waals surface area contributed by atoms with Crippen LogP contribution in [0.15, 0.2) is 17.4 Å². The molecule has 0 spiro atoms. The van der Waals surface area contributed by atoms with Gasteiger partial charge < -0.3 is 19.9 Å². The average molecular weight is 418 g/mol. The van der Waals surface area contributed by atoms with Crippen molar-refractivity contribution in [3.05, 3.63) is 12.4 Å². The number of likely N-dealkylation sites (tertiary alicyclic amines) is 1. The number of amides is 1. The van der Waals surface area contributed by atoms with Crippen LogP contribution in [0.4, 0.5) is 5.69 Å². The van der Waals surface area contributed by atoms with Gasteiger partial charge >= 0.3 is 0 Å². The summed E-state index contributed by atoms with van der Waals surface area (Å²) in [5, 5.41) is 7.61. The molecule has 30 heavy (non-hydrogen) atoms. The monoisotopic (exact) mass is 417 g/mol. The van der Waals surface area contributed by atoms with E-state index in [0.29, 0.717) is 13.1 Å². The molecule has 3 aliphatic rings. The summed E-state index contributed by atoms with van der Waals surface area (Å²) in [7, 11) is 1.87. The second kappa shape index (κ2) is 9.34. The molecule has 0 bridgehead atoms. The van der Waals surface area contributed by atoms with Gasteiger partial charge in [-0.25, -0.2) is 0 Å². The van der Waals surface area contributed by atoms with E-state index in [-0.39, 0.29) is 11.4 Å². The van der Waals surface area contributed by atoms with Gasteiger partial charge in [0.2, 0.25) is 5.91 Å². The van der Waals surface area contributed by atoms with Crippen molar-refractivity contribution < 1.29 is 9.53 Å². The molecule has 166 valence electrons. The van der Waals surface area contributed by atoms with Gasteiger partial charge in [0.05, 0.1) is 18.4 Å². The fourth-order valence-electron chi connectivity index (χ4n) is 4.84. The molecular formula is C21H35N7O2. The predicted molar refractivity (Wildman–Crippen MR) is 117 cm³/mol. The molecule has 3 saturated heterocycles. The number of nitrogens with zero attached hydrogens (tertiary/aromatic N) is 6. The highest BCUT2D eigenvalue weighted by molar-refractivity contribution is 5.98. The zero-order valence-electron chi connectivity index (χ0n) is 18.3. The molecule has 0 atom stereocenters. The highest BCUT2D eigenvalue weighted by atomic mass is 16.5. The van der Waals surface area contributed by atoms with Crippen LogP contribution in [0.2, 0.25) is 0 Å². The first kappa shape index (κ1) is 21.1. The fraction of sp³-hybridized carbons (Fsp3) is 0.762. The van der Waals surface area contributed by atoms with Crippen LogP contribution in [0.5, 0.6) is 0 Å². The molecule has 0 radical (unpaired) electrons. The highest BCUT2D eigenvalue weighted by Crippen LogP contribution is 2.31. The van der Waals surface area contributed by atoms with Crippen molar-refractivity contribution in [2.75, 3.05) is 63.9 Å². The predicted octanol–water partition coefficient (Wildman–Crippen LogP) is 0.679. The van der Waals surface area contributed by atoms with Crippen LogP contribution in [-0.4, -0.2) is 96.0 Å². The number of hydrogen-bond donors (Lipinski definition) is 1. The maximum absolute atomic E-state index is 12.8. The zero-order chi connectivity index (χ0) is 21.0. The van der Waals surface area contributed by atoms with Crippen LogP contribution in [-0.2, 0) is 16.6 Å². The Morgan fingerprint density at radius 2 is 2.00 bits per heavy atom. The summed E-state index contributed by atoms with van der Waals surface area (Å²) in [4.78, 5) is 24.4. The first-order chi connectivity index (χ1) is 14.6. The lowest BCUT2D eigenvalue weighted by atomic mass is 9.88. The van der Waals surface area contributed by atoms with E-state index in [1.807, 2.05) is 18.1 Å². The van der Waals surface area contributed by atoms with Gasteiger partial charge in [0.25, 0.3) is 0 Å². The normalized spacial score (nSPS) is 23.3. The number of anilines is 1. The van der Waals surface area contributed by atoms with Crippen LogP contribution in [0.25, 0.3) is 0 Å². The number of ether oxygens (including phenoxy) is 1. The fourth-order valence-corrected chi connectivity index (χ4v) is 4.84. The van der Waals surface area contributed by atoms with E-state index in [2.05, 4.69) is 27.1 Å². The number of piperazine rings is 1. The van der Waals surface area contributed by atoms with E-state index in [1.165, 1.54) is 12.8 Å². The van der Waals surface area contributed by atoms with Gasteiger partial charge in [-0.05, 0) is 45.7 Å². The van der Waals surface area contributed by atoms with Crippen molar-refractivity contribution in [1.29, 1.82) is 0 Å². The molecule has 3 fully saturated rings. The van der Waals surface area contributed by atoms with Gasteiger partial charge in [-0.15, -0.1) is 0 Å². The number of rotatable bonds is 5. The minimum Gasteiger partial charge on any atom is -0.381 e. The number of aryl methyl sites for hydroxylation is 1. The van der Waals surface area contributed by atoms with Gasteiger partial charge in [0, 0.05) is 51.6 Å². The summed E-state index contributed by atoms with van der Waals surface area (Å²) in [6, 6.07) is 0. The average Bonchev–Trinajstić information content (AvgIpc) is 3.44. The van der Waals surface area contributed by atoms with Crippen molar-refractivity contribution in [3.8, 4) is 0 Å². The first-order valence-electron chi connectivity index (χ1n) is 11.3. The van der Waals surface area contributed by atoms with Crippen molar-refractivity contribution in [2.24, 2.45) is 12.0 Å². The lowest BCUT2D eigenvalue weighted by molar-refractivity contribution is -0.120. The molecular weight excluding hydrogens is 382 g/mol. The third kappa shape index (κ3) is 4.46. The highest BCUT2D eigenvalue weighted by Gasteiger charge is 2.40. The minimum atomic E-state index is 0.0835. The summed E-state index contributed by atoms with van der Waals surface area (Å²) in [6.45, 7) is 9.30. The largest absolute Gasteiger partial charge is 0.381 e. The third-order valence-electron chi connectivity index (χ3n) is 6.58. The number of carbonyl (C=O) groups excluding carboxylic acids is 1. The van der Waals surface area contributed by atoms with Crippen LogP contribution in [0, 0.1) is 0 Å². The van der Waals surface area contributed by atoms with E-state index in [0.717, 1.165) is 70.4 Å². The molecule has 9 heteroatoms. The van der Waals surface area contributed by atoms with Crippen molar-refractivity contribution in [1.82, 2.24) is 24.9 Å². The molecule has 1 N–H and O–H groups in total. The van der Waals surface area contributed by atoms with Crippen LogP contribution in [0.3, 0.4) is 0 Å². The minimum absolute atomic E-state index is 0.0835. The maximum Gasteiger partial charge on any atom is 0.246 e.